The summed E-state index contributed by atoms with van der Waals surface area (Å²) in [4.78, 5) is 18.6. The Morgan fingerprint density at radius 3 is 2.81 bits per heavy atom. The number of aromatic nitrogens is 1. The highest BCUT2D eigenvalue weighted by Gasteiger charge is 2.41. The number of likely N-dealkylation sites (tertiary alicyclic amines) is 1. The summed E-state index contributed by atoms with van der Waals surface area (Å²) in [6.07, 6.45) is 3.71. The number of amides is 1. The number of nitrogens with zero attached hydrogens (tertiary/aromatic N) is 2. The van der Waals surface area contributed by atoms with Crippen LogP contribution in [0.1, 0.15) is 24.0 Å². The number of piperidine rings is 1. The van der Waals surface area contributed by atoms with Gasteiger partial charge in [0, 0.05) is 37.9 Å². The molecule has 1 aromatic carbocycles. The number of nitrogen functional groups attached to an aromatic ring is 1. The van der Waals surface area contributed by atoms with Crippen LogP contribution >= 0.6 is 0 Å². The van der Waals surface area contributed by atoms with E-state index in [2.05, 4.69) is 22.4 Å². The van der Waals surface area contributed by atoms with Crippen LogP contribution in [0.4, 0.5) is 5.82 Å². The van der Waals surface area contributed by atoms with Crippen LogP contribution in [0.5, 0.6) is 0 Å². The third-order valence-corrected chi connectivity index (χ3v) is 4.88. The van der Waals surface area contributed by atoms with Crippen molar-refractivity contribution in [3.63, 3.8) is 0 Å². The molecule has 0 spiro atoms. The average Bonchev–Trinajstić information content (AvgIpc) is 2.66. The molecular weight excluding hydrogens is 328 g/mol. The lowest BCUT2D eigenvalue weighted by molar-refractivity contribution is -0.156. The number of hydrogen-bond acceptors (Lipinski definition) is 5. The van der Waals surface area contributed by atoms with Gasteiger partial charge in [-0.3, -0.25) is 4.79 Å². The summed E-state index contributed by atoms with van der Waals surface area (Å²) < 4.78 is 0. The molecule has 2 heterocycles. The minimum Gasteiger partial charge on any atom is -0.383 e. The Morgan fingerprint density at radius 2 is 2.04 bits per heavy atom. The second-order valence-corrected chi connectivity index (χ2v) is 6.81. The van der Waals surface area contributed by atoms with E-state index in [1.165, 1.54) is 5.56 Å². The molecule has 0 aliphatic carbocycles. The van der Waals surface area contributed by atoms with E-state index >= 15 is 0 Å². The molecule has 1 aromatic heterocycles. The summed E-state index contributed by atoms with van der Waals surface area (Å²) in [5.74, 6) is 0.276. The molecule has 1 aliphatic heterocycles. The van der Waals surface area contributed by atoms with Crippen LogP contribution in [0.15, 0.2) is 48.7 Å². The zero-order valence-corrected chi connectivity index (χ0v) is 14.9. The van der Waals surface area contributed by atoms with Gasteiger partial charge in [0.2, 0.25) is 0 Å². The highest BCUT2D eigenvalue weighted by molar-refractivity contribution is 5.86. The monoisotopic (exact) mass is 354 g/mol. The molecule has 0 saturated carbocycles. The number of carbonyl (C=O) groups excluding carboxylic acids is 1. The summed E-state index contributed by atoms with van der Waals surface area (Å²) in [6.45, 7) is 2.01. The molecule has 2 aromatic rings. The maximum Gasteiger partial charge on any atom is 0.255 e. The Kier molecular flexibility index (Phi) is 5.85. The first-order chi connectivity index (χ1) is 12.6. The summed E-state index contributed by atoms with van der Waals surface area (Å²) in [5.41, 5.74) is 6.53. The average molecular weight is 354 g/mol. The molecule has 1 aliphatic rings. The Bertz CT molecular complexity index is 738. The first kappa shape index (κ1) is 18.4. The van der Waals surface area contributed by atoms with Crippen LogP contribution in [0.2, 0.25) is 0 Å². The van der Waals surface area contributed by atoms with Gasteiger partial charge < -0.3 is 21.1 Å². The number of rotatable bonds is 7. The maximum atomic E-state index is 12.8. The number of aliphatic hydroxyl groups is 1. The highest BCUT2D eigenvalue weighted by atomic mass is 16.3. The van der Waals surface area contributed by atoms with Crippen molar-refractivity contribution in [1.29, 1.82) is 0 Å². The van der Waals surface area contributed by atoms with Gasteiger partial charge in [0.1, 0.15) is 5.82 Å². The van der Waals surface area contributed by atoms with Gasteiger partial charge >= 0.3 is 0 Å². The predicted octanol–water partition coefficient (Wildman–Crippen LogP) is 1.35. The topological polar surface area (TPSA) is 91.5 Å². The molecule has 4 N–H and O–H groups in total. The Labute approximate surface area is 154 Å². The summed E-state index contributed by atoms with van der Waals surface area (Å²) >= 11 is 0. The zero-order valence-electron chi connectivity index (χ0n) is 14.9. The molecule has 1 fully saturated rings. The lowest BCUT2D eigenvalue weighted by Crippen LogP contribution is -2.58. The fourth-order valence-electron chi connectivity index (χ4n) is 3.36. The minimum atomic E-state index is -1.36. The largest absolute Gasteiger partial charge is 0.383 e. The van der Waals surface area contributed by atoms with E-state index in [9.17, 15) is 9.90 Å². The van der Waals surface area contributed by atoms with E-state index in [0.717, 1.165) is 18.4 Å². The van der Waals surface area contributed by atoms with E-state index < -0.39 is 5.60 Å². The SMILES string of the molecule is Nc1ncccc1CNC[C@]1(O)CCCN(CCc2ccccc2)C1=O. The van der Waals surface area contributed by atoms with Gasteiger partial charge in [0.05, 0.1) is 0 Å². The van der Waals surface area contributed by atoms with Crippen molar-refractivity contribution < 1.29 is 9.90 Å². The number of carbonyl (C=O) groups is 1. The number of anilines is 1. The minimum absolute atomic E-state index is 0.189. The molecular formula is C20H26N4O2. The molecule has 0 radical (unpaired) electrons. The molecule has 1 saturated heterocycles. The molecule has 138 valence electrons. The van der Waals surface area contributed by atoms with Gasteiger partial charge in [-0.1, -0.05) is 36.4 Å². The van der Waals surface area contributed by atoms with Crippen LogP contribution in [0, 0.1) is 0 Å². The number of nitrogens with two attached hydrogens (primary N) is 1. The summed E-state index contributed by atoms with van der Waals surface area (Å²) in [6, 6.07) is 13.8. The van der Waals surface area contributed by atoms with E-state index in [4.69, 9.17) is 5.73 Å². The second kappa shape index (κ2) is 8.29. The van der Waals surface area contributed by atoms with Crippen molar-refractivity contribution in [1.82, 2.24) is 15.2 Å². The van der Waals surface area contributed by atoms with E-state index in [1.807, 2.05) is 30.3 Å². The van der Waals surface area contributed by atoms with Gasteiger partial charge in [-0.25, -0.2) is 4.98 Å². The van der Waals surface area contributed by atoms with Crippen molar-refractivity contribution in [2.75, 3.05) is 25.4 Å². The first-order valence-electron chi connectivity index (χ1n) is 9.04. The van der Waals surface area contributed by atoms with Gasteiger partial charge in [0.25, 0.3) is 5.91 Å². The third kappa shape index (κ3) is 4.39. The third-order valence-electron chi connectivity index (χ3n) is 4.88. The Balaban J connectivity index is 1.54. The molecule has 0 bridgehead atoms. The van der Waals surface area contributed by atoms with Crippen LogP contribution in [0.25, 0.3) is 0 Å². The number of pyridine rings is 1. The lowest BCUT2D eigenvalue weighted by atomic mass is 9.91. The normalized spacial score (nSPS) is 20.3. The molecule has 26 heavy (non-hydrogen) atoms. The first-order valence-corrected chi connectivity index (χ1v) is 9.04. The predicted molar refractivity (Wildman–Crippen MR) is 101 cm³/mol. The van der Waals surface area contributed by atoms with Crippen LogP contribution < -0.4 is 11.1 Å². The molecule has 6 nitrogen and oxygen atoms in total. The smallest absolute Gasteiger partial charge is 0.255 e. The second-order valence-electron chi connectivity index (χ2n) is 6.81. The van der Waals surface area contributed by atoms with E-state index in [1.54, 1.807) is 11.1 Å². The van der Waals surface area contributed by atoms with Gasteiger partial charge in [-0.15, -0.1) is 0 Å². The van der Waals surface area contributed by atoms with Crippen LogP contribution in [-0.4, -0.2) is 46.1 Å². The number of hydrogen-bond donors (Lipinski definition) is 3. The molecule has 1 atom stereocenters. The zero-order chi connectivity index (χ0) is 18.4. The molecule has 1 amide bonds. The lowest BCUT2D eigenvalue weighted by Gasteiger charge is -2.38. The van der Waals surface area contributed by atoms with Crippen molar-refractivity contribution >= 4 is 11.7 Å². The maximum absolute atomic E-state index is 12.8. The van der Waals surface area contributed by atoms with E-state index in [-0.39, 0.29) is 12.5 Å². The van der Waals surface area contributed by atoms with Crippen molar-refractivity contribution in [2.24, 2.45) is 0 Å². The number of nitrogens with one attached hydrogen (secondary N) is 1. The van der Waals surface area contributed by atoms with Crippen LogP contribution in [0.3, 0.4) is 0 Å². The summed E-state index contributed by atoms with van der Waals surface area (Å²) in [7, 11) is 0. The van der Waals surface area contributed by atoms with Crippen molar-refractivity contribution in [3.05, 3.63) is 59.8 Å². The quantitative estimate of drug-likeness (QED) is 0.698. The van der Waals surface area contributed by atoms with Gasteiger partial charge in [-0.05, 0) is 30.9 Å². The fourth-order valence-corrected chi connectivity index (χ4v) is 3.36. The van der Waals surface area contributed by atoms with Gasteiger partial charge in [-0.2, -0.15) is 0 Å². The standard InChI is InChI=1S/C20H26N4O2/c21-18-17(8-4-11-23-18)14-22-15-20(26)10-5-12-24(19(20)25)13-9-16-6-2-1-3-7-16/h1-4,6-8,11,22,26H,5,9-10,12-15H2,(H2,21,23)/t20-/m1/s1. The highest BCUT2D eigenvalue weighted by Crippen LogP contribution is 2.23. The van der Waals surface area contributed by atoms with E-state index in [0.29, 0.717) is 31.9 Å². The summed E-state index contributed by atoms with van der Waals surface area (Å²) in [5, 5.41) is 14.0. The molecule has 3 rings (SSSR count). The Morgan fingerprint density at radius 1 is 1.23 bits per heavy atom. The molecule has 0 unspecified atom stereocenters. The van der Waals surface area contributed by atoms with Gasteiger partial charge in [0.15, 0.2) is 5.60 Å². The fraction of sp³-hybridized carbons (Fsp3) is 0.400. The number of benzene rings is 1. The van der Waals surface area contributed by atoms with Crippen LogP contribution in [-0.2, 0) is 17.8 Å². The molecule has 6 heteroatoms. The Hall–Kier alpha value is -2.44. The van der Waals surface area contributed by atoms with Crippen molar-refractivity contribution in [3.8, 4) is 0 Å². The van der Waals surface area contributed by atoms with Crippen molar-refractivity contribution in [2.45, 2.75) is 31.4 Å².